The van der Waals surface area contributed by atoms with Gasteiger partial charge in [0.1, 0.15) is 6.17 Å². The van der Waals surface area contributed by atoms with Gasteiger partial charge in [-0.1, -0.05) is 0 Å². The molecule has 0 aliphatic carbocycles. The third-order valence-electron chi connectivity index (χ3n) is 2.75. The predicted octanol–water partition coefficient (Wildman–Crippen LogP) is 0.000400. The van der Waals surface area contributed by atoms with Gasteiger partial charge in [0, 0.05) is 19.1 Å². The Bertz CT molecular complexity index is 140. The fraction of sp³-hybridized carbons (Fsp3) is 1.00. The number of nitrogens with zero attached hydrogens (tertiary/aromatic N) is 1. The van der Waals surface area contributed by atoms with Crippen LogP contribution >= 0.6 is 0 Å². The second kappa shape index (κ2) is 2.17. The molecule has 3 heteroatoms. The van der Waals surface area contributed by atoms with Gasteiger partial charge < -0.3 is 5.32 Å². The first-order valence-electron chi connectivity index (χ1n) is 3.86. The summed E-state index contributed by atoms with van der Waals surface area (Å²) in [5, 5.41) is 3.23. The van der Waals surface area contributed by atoms with E-state index in [2.05, 4.69) is 10.2 Å². The number of alkyl halides is 1. The lowest BCUT2D eigenvalue weighted by Crippen LogP contribution is -2.50. The van der Waals surface area contributed by atoms with Crippen LogP contribution in [-0.2, 0) is 0 Å². The van der Waals surface area contributed by atoms with Gasteiger partial charge in [-0.2, -0.15) is 0 Å². The highest BCUT2D eigenvalue weighted by molar-refractivity contribution is 4.98. The van der Waals surface area contributed by atoms with Gasteiger partial charge >= 0.3 is 0 Å². The Labute approximate surface area is 60.4 Å². The van der Waals surface area contributed by atoms with Crippen molar-refractivity contribution in [1.82, 2.24) is 10.2 Å². The van der Waals surface area contributed by atoms with Crippen molar-refractivity contribution in [3.63, 3.8) is 0 Å². The van der Waals surface area contributed by atoms with Crippen molar-refractivity contribution in [2.75, 3.05) is 20.1 Å². The fourth-order valence-electron chi connectivity index (χ4n) is 2.01. The van der Waals surface area contributed by atoms with Crippen molar-refractivity contribution in [3.8, 4) is 0 Å². The number of rotatable bonds is 0. The second-order valence-electron chi connectivity index (χ2n) is 3.30. The maximum Gasteiger partial charge on any atom is 0.118 e. The van der Waals surface area contributed by atoms with Gasteiger partial charge in [0.2, 0.25) is 0 Å². The molecular formula is C7H13FN2. The molecule has 2 rings (SSSR count). The number of nitrogens with one attached hydrogen (secondary N) is 1. The highest BCUT2D eigenvalue weighted by Crippen LogP contribution is 2.27. The largest absolute Gasteiger partial charge is 0.314 e. The van der Waals surface area contributed by atoms with Gasteiger partial charge in [-0.3, -0.25) is 4.90 Å². The molecule has 0 saturated carbocycles. The molecule has 0 amide bonds. The number of likely N-dealkylation sites (N-methyl/N-ethyl adjacent to an activating group) is 1. The average molecular weight is 144 g/mol. The Balaban J connectivity index is 2.14. The zero-order valence-electron chi connectivity index (χ0n) is 6.18. The van der Waals surface area contributed by atoms with E-state index < -0.39 is 6.17 Å². The Morgan fingerprint density at radius 2 is 2.30 bits per heavy atom. The van der Waals surface area contributed by atoms with Crippen molar-refractivity contribution < 1.29 is 4.39 Å². The number of hydrogen-bond donors (Lipinski definition) is 1. The summed E-state index contributed by atoms with van der Waals surface area (Å²) in [4.78, 5) is 2.17. The Morgan fingerprint density at radius 1 is 1.50 bits per heavy atom. The molecular weight excluding hydrogens is 131 g/mol. The van der Waals surface area contributed by atoms with Crippen LogP contribution in [-0.4, -0.2) is 43.3 Å². The number of halogens is 1. The Morgan fingerprint density at radius 3 is 2.90 bits per heavy atom. The van der Waals surface area contributed by atoms with Crippen molar-refractivity contribution >= 4 is 0 Å². The smallest absolute Gasteiger partial charge is 0.118 e. The third kappa shape index (κ3) is 0.772. The van der Waals surface area contributed by atoms with Crippen molar-refractivity contribution in [3.05, 3.63) is 0 Å². The van der Waals surface area contributed by atoms with Crippen LogP contribution in [0.5, 0.6) is 0 Å². The van der Waals surface area contributed by atoms with E-state index in [0.29, 0.717) is 6.04 Å². The van der Waals surface area contributed by atoms with Crippen LogP contribution in [0.4, 0.5) is 4.39 Å². The topological polar surface area (TPSA) is 15.3 Å². The minimum absolute atomic E-state index is 0.152. The van der Waals surface area contributed by atoms with E-state index in [-0.39, 0.29) is 6.04 Å². The third-order valence-corrected chi connectivity index (χ3v) is 2.75. The molecule has 2 bridgehead atoms. The van der Waals surface area contributed by atoms with Crippen molar-refractivity contribution in [2.45, 2.75) is 24.7 Å². The molecule has 2 aliphatic heterocycles. The summed E-state index contributed by atoms with van der Waals surface area (Å²) in [5.74, 6) is 0. The summed E-state index contributed by atoms with van der Waals surface area (Å²) in [6.45, 7) is 1.79. The standard InChI is InChI=1S/C7H13FN2/c1-10-5-2-6(8)7(10)4-9-3-5/h5-7,9H,2-4H2,1H3/t5?,6?,7-/m1/s1. The normalized spacial score (nSPS) is 48.0. The average Bonchev–Trinajstić information content (AvgIpc) is 2.16. The zero-order valence-corrected chi connectivity index (χ0v) is 6.18. The van der Waals surface area contributed by atoms with E-state index in [0.717, 1.165) is 19.5 Å². The van der Waals surface area contributed by atoms with E-state index in [1.165, 1.54) is 0 Å². The summed E-state index contributed by atoms with van der Waals surface area (Å²) in [7, 11) is 2.02. The highest BCUT2D eigenvalue weighted by Gasteiger charge is 2.41. The minimum atomic E-state index is -0.593. The molecule has 2 fully saturated rings. The first-order chi connectivity index (χ1) is 4.79. The van der Waals surface area contributed by atoms with Gasteiger partial charge in [-0.25, -0.2) is 4.39 Å². The molecule has 0 aromatic carbocycles. The van der Waals surface area contributed by atoms with Gasteiger partial charge in [0.25, 0.3) is 0 Å². The maximum atomic E-state index is 13.0. The molecule has 3 atom stereocenters. The van der Waals surface area contributed by atoms with Crippen molar-refractivity contribution in [2.24, 2.45) is 0 Å². The SMILES string of the molecule is CN1C2CNC[C@@H]1C(F)C2. The van der Waals surface area contributed by atoms with Gasteiger partial charge in [-0.05, 0) is 13.5 Å². The second-order valence-corrected chi connectivity index (χ2v) is 3.30. The Hall–Kier alpha value is -0.150. The quantitative estimate of drug-likeness (QED) is 0.515. The van der Waals surface area contributed by atoms with E-state index in [4.69, 9.17) is 0 Å². The lowest BCUT2D eigenvalue weighted by Gasteiger charge is -2.31. The van der Waals surface area contributed by atoms with E-state index in [1.54, 1.807) is 0 Å². The van der Waals surface area contributed by atoms with Crippen LogP contribution in [0.3, 0.4) is 0 Å². The molecule has 58 valence electrons. The molecule has 1 N–H and O–H groups in total. The molecule has 2 saturated heterocycles. The molecule has 0 aromatic heterocycles. The van der Waals surface area contributed by atoms with Gasteiger partial charge in [-0.15, -0.1) is 0 Å². The van der Waals surface area contributed by atoms with Crippen LogP contribution in [0.2, 0.25) is 0 Å². The molecule has 2 nitrogen and oxygen atoms in total. The zero-order chi connectivity index (χ0) is 7.14. The van der Waals surface area contributed by atoms with Crippen LogP contribution in [0.1, 0.15) is 6.42 Å². The van der Waals surface area contributed by atoms with E-state index in [9.17, 15) is 4.39 Å². The van der Waals surface area contributed by atoms with E-state index in [1.807, 2.05) is 7.05 Å². The predicted molar refractivity (Wildman–Crippen MR) is 37.7 cm³/mol. The van der Waals surface area contributed by atoms with Gasteiger partial charge in [0.05, 0.1) is 6.04 Å². The van der Waals surface area contributed by atoms with E-state index >= 15 is 0 Å². The highest BCUT2D eigenvalue weighted by atomic mass is 19.1. The lowest BCUT2D eigenvalue weighted by molar-refractivity contribution is 0.164. The molecule has 2 aliphatic rings. The van der Waals surface area contributed by atoms with Crippen LogP contribution in [0.15, 0.2) is 0 Å². The van der Waals surface area contributed by atoms with Crippen LogP contribution in [0.25, 0.3) is 0 Å². The van der Waals surface area contributed by atoms with Crippen LogP contribution < -0.4 is 5.32 Å². The summed E-state index contributed by atoms with van der Waals surface area (Å²) >= 11 is 0. The fourth-order valence-corrected chi connectivity index (χ4v) is 2.01. The molecule has 2 heterocycles. The summed E-state index contributed by atoms with van der Waals surface area (Å²) in [5.41, 5.74) is 0. The molecule has 0 radical (unpaired) electrons. The summed E-state index contributed by atoms with van der Waals surface area (Å²) < 4.78 is 13.0. The number of hydrogen-bond acceptors (Lipinski definition) is 2. The molecule has 10 heavy (non-hydrogen) atoms. The molecule has 2 unspecified atom stereocenters. The first-order valence-corrected chi connectivity index (χ1v) is 3.86. The maximum absolute atomic E-state index is 13.0. The van der Waals surface area contributed by atoms with Crippen LogP contribution in [0, 0.1) is 0 Å². The van der Waals surface area contributed by atoms with Gasteiger partial charge in [0.15, 0.2) is 0 Å². The number of fused-ring (bicyclic) bond motifs is 2. The lowest BCUT2D eigenvalue weighted by atomic mass is 10.2. The summed E-state index contributed by atoms with van der Waals surface area (Å²) in [6, 6.07) is 0.604. The number of piperazine rings is 1. The minimum Gasteiger partial charge on any atom is -0.314 e. The summed E-state index contributed by atoms with van der Waals surface area (Å²) in [6.07, 6.45) is 0.138. The molecule has 0 aromatic rings. The first kappa shape index (κ1) is 6.55. The molecule has 0 spiro atoms. The Kier molecular flexibility index (Phi) is 1.42. The monoisotopic (exact) mass is 144 g/mol. The van der Waals surface area contributed by atoms with Crippen molar-refractivity contribution in [1.29, 1.82) is 0 Å².